The van der Waals surface area contributed by atoms with Crippen LogP contribution in [0.5, 0.6) is 0 Å². The Balaban J connectivity index is -0.000000112. The molecule has 0 unspecified atom stereocenters. The summed E-state index contributed by atoms with van der Waals surface area (Å²) in [7, 11) is -1.47. The first-order valence-corrected chi connectivity index (χ1v) is 21.7. The van der Waals surface area contributed by atoms with Crippen molar-refractivity contribution in [3.8, 4) is 0 Å². The Labute approximate surface area is 374 Å². The standard InChI is InChI=1S/2C8H12N2O2.C7H8O3S.C5H11INO2.C4H6O3.C2H8N2.C2H4O2.Fe/c2*11-7-1-3-9-5-6-10-4-2-8-12;1-6-2-4-7(5-3-6)11(8,9)10;1-3-9-5(8)4-7-6-2;1-7-4(6)2-3-5;3-1-2-4;1-4-2-3;/h3-4,7-8H,1-2,5-6H2;1-4,7-8,11-12H,5-6H2;2-5H,1H3,(H,8,9,10);7H,3-4H2,1-2H3;3H,2H2,1H3;1-4H2;2H,1H3;/q;;;-1;;;;+2. The molecular weight excluding hydrogens is 969 g/mol. The number of ether oxygens (including phenoxy) is 3. The third-order valence-electron chi connectivity index (χ3n) is 4.64. The Morgan fingerprint density at radius 2 is 1.23 bits per heavy atom. The zero-order valence-electron chi connectivity index (χ0n) is 34.4. The number of aliphatic hydroxyl groups is 2. The molecule has 0 aromatic heterocycles. The van der Waals surface area contributed by atoms with Gasteiger partial charge in [-0.05, 0) is 31.2 Å². The van der Waals surface area contributed by atoms with Crippen LogP contribution in [0.1, 0.15) is 31.7 Å². The molecule has 0 amide bonds. The summed E-state index contributed by atoms with van der Waals surface area (Å²) in [5.74, 6) is -0.644. The van der Waals surface area contributed by atoms with Crippen molar-refractivity contribution in [2.45, 2.75) is 38.0 Å². The van der Waals surface area contributed by atoms with E-state index in [1.165, 1.54) is 50.9 Å². The number of benzene rings is 1. The number of aryl methyl sites for hydroxylation is 1. The summed E-state index contributed by atoms with van der Waals surface area (Å²) in [6.07, 6.45) is 13.5. The third-order valence-corrected chi connectivity index (χ3v) is 6.65. The molecule has 0 bridgehead atoms. The number of nitrogens with zero attached hydrogens (tertiary/aromatic N) is 4. The van der Waals surface area contributed by atoms with Crippen molar-refractivity contribution in [1.82, 2.24) is 3.53 Å². The Bertz CT molecular complexity index is 1390. The van der Waals surface area contributed by atoms with Gasteiger partial charge in [0.1, 0.15) is 25.3 Å². The van der Waals surface area contributed by atoms with Gasteiger partial charge >= 0.3 is 88.6 Å². The number of halogens is 1. The molecular formula is C36H61FeIN7O14S+. The minimum Gasteiger partial charge on any atom is -0.516 e. The van der Waals surface area contributed by atoms with E-state index >= 15 is 0 Å². The van der Waals surface area contributed by atoms with Gasteiger partial charge in [-0.25, -0.2) is 0 Å². The Kier molecular flexibility index (Phi) is 74.2. The second-order valence-electron chi connectivity index (χ2n) is 9.22. The monoisotopic (exact) mass is 1030 g/mol. The van der Waals surface area contributed by atoms with Gasteiger partial charge in [0.25, 0.3) is 16.6 Å². The Morgan fingerprint density at radius 3 is 1.52 bits per heavy atom. The van der Waals surface area contributed by atoms with Crippen molar-refractivity contribution < 1.29 is 105 Å². The zero-order chi connectivity index (χ0) is 46.3. The maximum absolute atomic E-state index is 10.5. The van der Waals surface area contributed by atoms with Crippen LogP contribution in [-0.2, 0) is 70.2 Å². The summed E-state index contributed by atoms with van der Waals surface area (Å²) in [4.78, 5) is 76.1. The predicted octanol–water partition coefficient (Wildman–Crippen LogP) is -1.97. The van der Waals surface area contributed by atoms with E-state index in [-0.39, 0.29) is 55.8 Å². The van der Waals surface area contributed by atoms with E-state index < -0.39 is 16.1 Å². The quantitative estimate of drug-likeness (QED) is 0.00633. The first-order valence-electron chi connectivity index (χ1n) is 17.0. The molecule has 24 heteroatoms. The number of nitrogens with two attached hydrogens (primary N) is 2. The molecule has 1 aromatic rings. The van der Waals surface area contributed by atoms with Crippen LogP contribution in [0.25, 0.3) is 0 Å². The SMILES string of the molecule is CCOC(=O)CN[I-]C.COC(=O)CC=O.COC=O.Cc1ccc(S(=O)(=O)O)cc1.NCCN.O=CCC=NCCN=CCC=O.OC=CC=NCCN=CC=CO.[Fe+2]. The molecule has 8 N–H and O–H groups in total. The van der Waals surface area contributed by atoms with Crippen LogP contribution in [0.2, 0.25) is 0 Å². The van der Waals surface area contributed by atoms with Crippen molar-refractivity contribution in [2.75, 3.05) is 71.6 Å². The molecule has 0 heterocycles. The number of aliphatic imine (C=N–C) groups is 4. The smallest absolute Gasteiger partial charge is 0.516 e. The first-order chi connectivity index (χ1) is 28.3. The molecule has 60 heavy (non-hydrogen) atoms. The number of methoxy groups -OCH3 is 2. The second-order valence-corrected chi connectivity index (χ2v) is 12.5. The first kappa shape index (κ1) is 70.0. The van der Waals surface area contributed by atoms with Gasteiger partial charge in [-0.2, -0.15) is 8.42 Å². The summed E-state index contributed by atoms with van der Waals surface area (Å²) in [6, 6.07) is 5.99. The van der Waals surface area contributed by atoms with Gasteiger partial charge in [-0.1, -0.05) is 17.7 Å². The molecule has 0 saturated heterocycles. The van der Waals surface area contributed by atoms with Crippen molar-refractivity contribution in [3.63, 3.8) is 0 Å². The minimum atomic E-state index is -4.02. The van der Waals surface area contributed by atoms with Crippen molar-refractivity contribution in [1.29, 1.82) is 0 Å². The maximum Gasteiger partial charge on any atom is 2.00 e. The second kappa shape index (κ2) is 63.6. The number of nitrogens with one attached hydrogen (secondary N) is 1. The number of carbonyl (C=O) groups is 6. The van der Waals surface area contributed by atoms with Crippen molar-refractivity contribution >= 4 is 72.2 Å². The van der Waals surface area contributed by atoms with Gasteiger partial charge in [0.05, 0.1) is 57.8 Å². The number of allylic oxidation sites excluding steroid dienone is 2. The van der Waals surface area contributed by atoms with Crippen LogP contribution in [-0.4, -0.2) is 157 Å². The Hall–Kier alpha value is -4.56. The van der Waals surface area contributed by atoms with Gasteiger partial charge in [0.15, 0.2) is 0 Å². The summed E-state index contributed by atoms with van der Waals surface area (Å²) in [5.41, 5.74) is 10.8. The molecule has 21 nitrogen and oxygen atoms in total. The van der Waals surface area contributed by atoms with E-state index in [4.69, 9.17) is 31.0 Å². The van der Waals surface area contributed by atoms with Gasteiger partial charge in [-0.3, -0.25) is 34.1 Å². The fourth-order valence-electron chi connectivity index (χ4n) is 2.19. The normalized spacial score (nSPS) is 10.1. The molecule has 0 saturated carbocycles. The molecule has 0 atom stereocenters. The fourth-order valence-corrected chi connectivity index (χ4v) is 3.36. The van der Waals surface area contributed by atoms with Crippen molar-refractivity contribution in [3.05, 3.63) is 54.5 Å². The number of hydrogen-bond acceptors (Lipinski definition) is 20. The summed E-state index contributed by atoms with van der Waals surface area (Å²) >= 11 is 0.0116. The number of aldehydes is 3. The van der Waals surface area contributed by atoms with E-state index in [2.05, 4.69) is 42.6 Å². The summed E-state index contributed by atoms with van der Waals surface area (Å²) in [6.45, 7) is 8.35. The maximum atomic E-state index is 10.5. The number of carbonyl (C=O) groups excluding carboxylic acids is 6. The molecule has 1 rings (SSSR count). The van der Waals surface area contributed by atoms with Crippen LogP contribution in [0.15, 0.2) is 73.8 Å². The van der Waals surface area contributed by atoms with Crippen LogP contribution < -0.4 is 36.5 Å². The topological polar surface area (TPSA) is 338 Å². The van der Waals surface area contributed by atoms with Crippen LogP contribution in [0.3, 0.4) is 0 Å². The van der Waals surface area contributed by atoms with E-state index in [0.29, 0.717) is 78.0 Å². The van der Waals surface area contributed by atoms with E-state index in [1.54, 1.807) is 31.5 Å². The predicted molar refractivity (Wildman–Crippen MR) is 224 cm³/mol. The van der Waals surface area contributed by atoms with Gasteiger partial charge in [0.2, 0.25) is 0 Å². The van der Waals surface area contributed by atoms with E-state index in [1.807, 2.05) is 6.92 Å². The molecule has 0 radical (unpaired) electrons. The zero-order valence-corrected chi connectivity index (χ0v) is 38.5. The summed E-state index contributed by atoms with van der Waals surface area (Å²) in [5, 5.41) is 16.4. The van der Waals surface area contributed by atoms with Crippen LogP contribution >= 0.6 is 0 Å². The molecule has 0 aliphatic rings. The number of aliphatic hydroxyl groups excluding tert-OH is 2. The van der Waals surface area contributed by atoms with Gasteiger partial charge < -0.3 is 45.5 Å². The molecule has 0 aliphatic carbocycles. The molecule has 1 aromatic carbocycles. The average Bonchev–Trinajstić information content (AvgIpc) is 3.23. The minimum absolute atomic E-state index is 0. The summed E-state index contributed by atoms with van der Waals surface area (Å²) < 4.78 is 45.2. The number of hydrogen-bond donors (Lipinski definition) is 6. The molecule has 344 valence electrons. The molecule has 0 fully saturated rings. The van der Waals surface area contributed by atoms with Gasteiger partial charge in [0, 0.05) is 50.8 Å². The Morgan fingerprint density at radius 1 is 0.800 bits per heavy atom. The van der Waals surface area contributed by atoms with E-state index in [0.717, 1.165) is 30.7 Å². The number of alkyl halides is 1. The van der Waals surface area contributed by atoms with Crippen LogP contribution in [0, 0.1) is 6.92 Å². The number of rotatable bonds is 21. The van der Waals surface area contributed by atoms with Crippen LogP contribution in [0.4, 0.5) is 0 Å². The van der Waals surface area contributed by atoms with Crippen molar-refractivity contribution in [2.24, 2.45) is 31.4 Å². The number of esters is 2. The van der Waals surface area contributed by atoms with Gasteiger partial charge in [-0.15, -0.1) is 0 Å². The fraction of sp³-hybridized carbons (Fsp3) is 0.444. The largest absolute Gasteiger partial charge is 2.00 e. The molecule has 0 aliphatic heterocycles. The van der Waals surface area contributed by atoms with E-state index in [9.17, 15) is 32.4 Å². The molecule has 0 spiro atoms. The third kappa shape index (κ3) is 77.9. The average molecular weight is 1030 g/mol.